The molecule has 2 rings (SSSR count). The van der Waals surface area contributed by atoms with E-state index in [0.29, 0.717) is 6.42 Å². The van der Waals surface area contributed by atoms with Crippen molar-refractivity contribution in [3.8, 4) is 11.8 Å². The molecule has 0 saturated carbocycles. The Labute approximate surface area is 102 Å². The van der Waals surface area contributed by atoms with Crippen molar-refractivity contribution in [2.24, 2.45) is 5.41 Å². The Morgan fingerprint density at radius 2 is 2.18 bits per heavy atom. The number of aryl methyl sites for hydroxylation is 1. The topological polar surface area (TPSA) is 53.2 Å². The lowest BCUT2D eigenvalue weighted by Gasteiger charge is -2.35. The SMILES string of the molecule is COc1ccc2c(c1)C(O)(C(C)(C)C#N)CC2. The van der Waals surface area contributed by atoms with Crippen LogP contribution in [0.15, 0.2) is 18.2 Å². The third-order valence-corrected chi connectivity index (χ3v) is 3.83. The summed E-state index contributed by atoms with van der Waals surface area (Å²) in [6.45, 7) is 3.56. The van der Waals surface area contributed by atoms with Crippen molar-refractivity contribution < 1.29 is 9.84 Å². The summed E-state index contributed by atoms with van der Waals surface area (Å²) < 4.78 is 5.19. The lowest BCUT2D eigenvalue weighted by atomic mass is 9.72. The zero-order chi connectivity index (χ0) is 12.7. The molecule has 0 saturated heterocycles. The quantitative estimate of drug-likeness (QED) is 0.850. The maximum absolute atomic E-state index is 10.8. The molecule has 0 bridgehead atoms. The molecule has 3 nitrogen and oxygen atoms in total. The van der Waals surface area contributed by atoms with Crippen molar-refractivity contribution in [1.29, 1.82) is 5.26 Å². The Balaban J connectivity index is 2.56. The number of aliphatic hydroxyl groups is 1. The van der Waals surface area contributed by atoms with Gasteiger partial charge in [0.15, 0.2) is 0 Å². The molecule has 90 valence electrons. The largest absolute Gasteiger partial charge is 0.497 e. The summed E-state index contributed by atoms with van der Waals surface area (Å²) in [5, 5.41) is 20.0. The lowest BCUT2D eigenvalue weighted by molar-refractivity contribution is -0.0429. The predicted molar refractivity (Wildman–Crippen MR) is 64.6 cm³/mol. The zero-order valence-electron chi connectivity index (χ0n) is 10.4. The molecular weight excluding hydrogens is 214 g/mol. The number of nitriles is 1. The highest BCUT2D eigenvalue weighted by atomic mass is 16.5. The van der Waals surface area contributed by atoms with Crippen molar-refractivity contribution in [3.05, 3.63) is 29.3 Å². The van der Waals surface area contributed by atoms with Gasteiger partial charge in [-0.2, -0.15) is 5.26 Å². The molecule has 17 heavy (non-hydrogen) atoms. The zero-order valence-corrected chi connectivity index (χ0v) is 10.4. The van der Waals surface area contributed by atoms with Crippen molar-refractivity contribution in [2.75, 3.05) is 7.11 Å². The number of hydrogen-bond acceptors (Lipinski definition) is 3. The minimum Gasteiger partial charge on any atom is -0.497 e. The van der Waals surface area contributed by atoms with Gasteiger partial charge in [0.25, 0.3) is 0 Å². The molecule has 0 amide bonds. The number of rotatable bonds is 2. The van der Waals surface area contributed by atoms with Crippen LogP contribution in [0.25, 0.3) is 0 Å². The number of methoxy groups -OCH3 is 1. The summed E-state index contributed by atoms with van der Waals surface area (Å²) in [4.78, 5) is 0. The normalized spacial score (nSPS) is 23.0. The fourth-order valence-electron chi connectivity index (χ4n) is 2.48. The fraction of sp³-hybridized carbons (Fsp3) is 0.500. The van der Waals surface area contributed by atoms with Crippen LogP contribution >= 0.6 is 0 Å². The molecule has 1 aliphatic rings. The molecule has 1 atom stereocenters. The maximum Gasteiger partial charge on any atom is 0.119 e. The molecule has 0 spiro atoms. The van der Waals surface area contributed by atoms with E-state index in [9.17, 15) is 10.4 Å². The average Bonchev–Trinajstić information content (AvgIpc) is 2.68. The molecule has 0 aliphatic heterocycles. The van der Waals surface area contributed by atoms with Crippen LogP contribution in [0.1, 0.15) is 31.4 Å². The Hall–Kier alpha value is -1.53. The van der Waals surface area contributed by atoms with E-state index < -0.39 is 11.0 Å². The van der Waals surface area contributed by atoms with Crippen LogP contribution in [0.5, 0.6) is 5.75 Å². The van der Waals surface area contributed by atoms with Gasteiger partial charge in [0.1, 0.15) is 11.4 Å². The second-order valence-corrected chi connectivity index (χ2v) is 5.12. The van der Waals surface area contributed by atoms with Gasteiger partial charge in [-0.3, -0.25) is 0 Å². The number of ether oxygens (including phenoxy) is 1. The monoisotopic (exact) mass is 231 g/mol. The standard InChI is InChI=1S/C14H17NO2/c1-13(2,9-15)14(16)7-6-10-4-5-11(17-3)8-12(10)14/h4-5,8,16H,6-7H2,1-3H3. The number of benzene rings is 1. The molecule has 0 radical (unpaired) electrons. The Bertz CT molecular complexity index is 487. The molecule has 1 N–H and O–H groups in total. The third kappa shape index (κ3) is 1.60. The van der Waals surface area contributed by atoms with Gasteiger partial charge >= 0.3 is 0 Å². The van der Waals surface area contributed by atoms with Gasteiger partial charge in [-0.15, -0.1) is 0 Å². The van der Waals surface area contributed by atoms with E-state index in [-0.39, 0.29) is 0 Å². The highest BCUT2D eigenvalue weighted by molar-refractivity contribution is 5.45. The van der Waals surface area contributed by atoms with E-state index in [1.54, 1.807) is 21.0 Å². The Kier molecular flexibility index (Phi) is 2.63. The Morgan fingerprint density at radius 1 is 1.47 bits per heavy atom. The highest BCUT2D eigenvalue weighted by Gasteiger charge is 2.49. The minimum atomic E-state index is -1.08. The Morgan fingerprint density at radius 3 is 2.76 bits per heavy atom. The van der Waals surface area contributed by atoms with E-state index in [1.165, 1.54) is 0 Å². The van der Waals surface area contributed by atoms with Crippen LogP contribution in [0.4, 0.5) is 0 Å². The first-order chi connectivity index (χ1) is 7.94. The predicted octanol–water partition coefficient (Wildman–Crippen LogP) is 2.38. The molecule has 1 aromatic rings. The van der Waals surface area contributed by atoms with Crippen LogP contribution < -0.4 is 4.74 Å². The first kappa shape index (κ1) is 11.9. The molecule has 3 heteroatoms. The number of nitrogens with zero attached hydrogens (tertiary/aromatic N) is 1. The maximum atomic E-state index is 10.8. The van der Waals surface area contributed by atoms with Crippen molar-refractivity contribution >= 4 is 0 Å². The van der Waals surface area contributed by atoms with Crippen LogP contribution in [0, 0.1) is 16.7 Å². The lowest BCUT2D eigenvalue weighted by Crippen LogP contribution is -2.39. The van der Waals surface area contributed by atoms with Crippen molar-refractivity contribution in [1.82, 2.24) is 0 Å². The second-order valence-electron chi connectivity index (χ2n) is 5.12. The van der Waals surface area contributed by atoms with Crippen LogP contribution in [-0.4, -0.2) is 12.2 Å². The van der Waals surface area contributed by atoms with Crippen LogP contribution in [-0.2, 0) is 12.0 Å². The third-order valence-electron chi connectivity index (χ3n) is 3.83. The average molecular weight is 231 g/mol. The van der Waals surface area contributed by atoms with Crippen molar-refractivity contribution in [2.45, 2.75) is 32.3 Å². The fourth-order valence-corrected chi connectivity index (χ4v) is 2.48. The van der Waals surface area contributed by atoms with E-state index in [1.807, 2.05) is 18.2 Å². The van der Waals surface area contributed by atoms with Crippen molar-refractivity contribution in [3.63, 3.8) is 0 Å². The molecule has 0 aromatic heterocycles. The highest BCUT2D eigenvalue weighted by Crippen LogP contribution is 2.49. The number of hydrogen-bond donors (Lipinski definition) is 1. The summed E-state index contributed by atoms with van der Waals surface area (Å²) in [5.41, 5.74) is 0.0657. The van der Waals surface area contributed by atoms with E-state index in [2.05, 4.69) is 6.07 Å². The van der Waals surface area contributed by atoms with E-state index in [4.69, 9.17) is 4.74 Å². The van der Waals surface area contributed by atoms with Crippen LogP contribution in [0.3, 0.4) is 0 Å². The summed E-state index contributed by atoms with van der Waals surface area (Å²) in [7, 11) is 1.60. The van der Waals surface area contributed by atoms with E-state index in [0.717, 1.165) is 23.3 Å². The first-order valence-electron chi connectivity index (χ1n) is 5.75. The number of fused-ring (bicyclic) bond motifs is 1. The summed E-state index contributed by atoms with van der Waals surface area (Å²) in [6.07, 6.45) is 1.40. The molecule has 1 aromatic carbocycles. The molecule has 0 heterocycles. The van der Waals surface area contributed by atoms with Gasteiger partial charge in [0, 0.05) is 0 Å². The summed E-state index contributed by atoms with van der Waals surface area (Å²) in [5.74, 6) is 0.720. The minimum absolute atomic E-state index is 0.593. The summed E-state index contributed by atoms with van der Waals surface area (Å²) in [6, 6.07) is 7.92. The van der Waals surface area contributed by atoms with Gasteiger partial charge in [-0.1, -0.05) is 6.07 Å². The molecule has 1 unspecified atom stereocenters. The molecule has 0 fully saturated rings. The smallest absolute Gasteiger partial charge is 0.119 e. The van der Waals surface area contributed by atoms with Gasteiger partial charge < -0.3 is 9.84 Å². The first-order valence-corrected chi connectivity index (χ1v) is 5.75. The molecule has 1 aliphatic carbocycles. The van der Waals surface area contributed by atoms with Crippen LogP contribution in [0.2, 0.25) is 0 Å². The summed E-state index contributed by atoms with van der Waals surface area (Å²) >= 11 is 0. The van der Waals surface area contributed by atoms with Gasteiger partial charge in [0.05, 0.1) is 18.6 Å². The van der Waals surface area contributed by atoms with E-state index >= 15 is 0 Å². The second kappa shape index (κ2) is 3.75. The molecular formula is C14H17NO2. The van der Waals surface area contributed by atoms with Gasteiger partial charge in [0.2, 0.25) is 0 Å². The van der Waals surface area contributed by atoms with Gasteiger partial charge in [-0.25, -0.2) is 0 Å². The van der Waals surface area contributed by atoms with Gasteiger partial charge in [-0.05, 0) is 49.9 Å².